The Kier molecular flexibility index (Phi) is 11.3. The molecule has 0 heterocycles. The summed E-state index contributed by atoms with van der Waals surface area (Å²) in [4.78, 5) is 40.9. The van der Waals surface area contributed by atoms with E-state index in [-0.39, 0.29) is 13.1 Å². The fourth-order valence-electron chi connectivity index (χ4n) is 3.51. The van der Waals surface area contributed by atoms with E-state index in [1.807, 2.05) is 48.7 Å². The fraction of sp³-hybridized carbons (Fsp3) is 0.407. The Hall–Kier alpha value is -3.51. The summed E-state index contributed by atoms with van der Waals surface area (Å²) < 4.78 is 5.35. The average molecular weight is 511 g/mol. The summed E-state index contributed by atoms with van der Waals surface area (Å²) in [5, 5.41) is 15.1. The first-order valence-electron chi connectivity index (χ1n) is 11.7. The number of nitrogens with one attached hydrogen (secondary N) is 2. The summed E-state index contributed by atoms with van der Waals surface area (Å²) in [5.41, 5.74) is 0.723. The molecule has 36 heavy (non-hydrogen) atoms. The lowest BCUT2D eigenvalue weighted by atomic mass is 10.0. The molecule has 2 aromatic carbocycles. The predicted molar refractivity (Wildman–Crippen MR) is 141 cm³/mol. The van der Waals surface area contributed by atoms with Gasteiger partial charge in [0.15, 0.2) is 0 Å². The second-order valence-electron chi connectivity index (χ2n) is 9.12. The van der Waals surface area contributed by atoms with Crippen molar-refractivity contribution in [3.8, 4) is 6.07 Å². The molecule has 9 heteroatoms. The number of amides is 3. The molecule has 0 radical (unpaired) electrons. The minimum Gasteiger partial charge on any atom is -0.444 e. The summed E-state index contributed by atoms with van der Waals surface area (Å²) in [6.45, 7) is 5.13. The maximum atomic E-state index is 13.7. The predicted octanol–water partition coefficient (Wildman–Crippen LogP) is 4.04. The third-order valence-corrected chi connectivity index (χ3v) is 5.75. The molecule has 3 amide bonds. The number of carbonyl (C=O) groups excluding carboxylic acids is 3. The zero-order chi connectivity index (χ0) is 26.6. The topological polar surface area (TPSA) is 112 Å². The van der Waals surface area contributed by atoms with Crippen molar-refractivity contribution in [3.63, 3.8) is 0 Å². The number of hydrogen-bond acceptors (Lipinski definition) is 6. The van der Waals surface area contributed by atoms with Crippen LogP contribution in [0.1, 0.15) is 44.4 Å². The minimum atomic E-state index is -1.06. The monoisotopic (exact) mass is 510 g/mol. The molecule has 8 nitrogen and oxygen atoms in total. The number of benzene rings is 2. The summed E-state index contributed by atoms with van der Waals surface area (Å²) >= 11 is 1.52. The molecule has 0 aromatic heterocycles. The van der Waals surface area contributed by atoms with Gasteiger partial charge in [-0.15, -0.1) is 0 Å². The summed E-state index contributed by atoms with van der Waals surface area (Å²) in [6.07, 6.45) is 1.48. The Morgan fingerprint density at radius 3 is 2.22 bits per heavy atom. The van der Waals surface area contributed by atoms with Crippen LogP contribution in [0.15, 0.2) is 60.7 Å². The maximum absolute atomic E-state index is 13.7. The van der Waals surface area contributed by atoms with Gasteiger partial charge in [-0.25, -0.2) is 4.79 Å². The van der Waals surface area contributed by atoms with E-state index in [9.17, 15) is 19.6 Å². The molecule has 2 unspecified atom stereocenters. The van der Waals surface area contributed by atoms with Crippen LogP contribution in [0.5, 0.6) is 0 Å². The molecule has 2 aromatic rings. The molecule has 0 bridgehead atoms. The second-order valence-corrected chi connectivity index (χ2v) is 10.1. The molecule has 2 rings (SSSR count). The summed E-state index contributed by atoms with van der Waals surface area (Å²) in [5.74, 6) is -0.363. The SMILES string of the molecule is CSCCC(NC(=O)OC(C)(C)C)C(=O)N(CC#N)C(C(=O)NCc1ccccc1)c1ccccc1. The van der Waals surface area contributed by atoms with E-state index >= 15 is 0 Å². The molecule has 0 saturated heterocycles. The van der Waals surface area contributed by atoms with Crippen molar-refractivity contribution in [2.24, 2.45) is 0 Å². The molecule has 0 aliphatic heterocycles. The Bertz CT molecular complexity index is 1040. The molecule has 2 atom stereocenters. The van der Waals surface area contributed by atoms with Crippen LogP contribution in [0.25, 0.3) is 0 Å². The van der Waals surface area contributed by atoms with Gasteiger partial charge < -0.3 is 20.3 Å². The molecule has 0 saturated carbocycles. The molecule has 0 spiro atoms. The van der Waals surface area contributed by atoms with Crippen molar-refractivity contribution in [2.75, 3.05) is 18.6 Å². The number of thioether (sulfide) groups is 1. The van der Waals surface area contributed by atoms with Gasteiger partial charge in [-0.3, -0.25) is 9.59 Å². The molecular formula is C27H34N4O4S. The lowest BCUT2D eigenvalue weighted by Gasteiger charge is -2.33. The Labute approximate surface area is 217 Å². The number of rotatable bonds is 11. The van der Waals surface area contributed by atoms with Crippen LogP contribution in [-0.2, 0) is 20.9 Å². The molecule has 0 fully saturated rings. The van der Waals surface area contributed by atoms with Crippen molar-refractivity contribution in [3.05, 3.63) is 71.8 Å². The molecule has 2 N–H and O–H groups in total. The molecule has 0 aliphatic carbocycles. The zero-order valence-corrected chi connectivity index (χ0v) is 22.0. The highest BCUT2D eigenvalue weighted by Crippen LogP contribution is 2.23. The van der Waals surface area contributed by atoms with Gasteiger partial charge in [0.1, 0.15) is 24.2 Å². The van der Waals surface area contributed by atoms with Crippen LogP contribution in [0.2, 0.25) is 0 Å². The van der Waals surface area contributed by atoms with E-state index in [1.165, 1.54) is 16.7 Å². The third kappa shape index (κ3) is 9.27. The minimum absolute atomic E-state index is 0.268. The van der Waals surface area contributed by atoms with Crippen molar-refractivity contribution in [1.29, 1.82) is 5.26 Å². The lowest BCUT2D eigenvalue weighted by Crippen LogP contribution is -2.53. The first-order chi connectivity index (χ1) is 17.2. The van der Waals surface area contributed by atoms with Gasteiger partial charge in [0.2, 0.25) is 11.8 Å². The van der Waals surface area contributed by atoms with Crippen LogP contribution < -0.4 is 10.6 Å². The normalized spacial score (nSPS) is 12.5. The highest BCUT2D eigenvalue weighted by atomic mass is 32.2. The van der Waals surface area contributed by atoms with E-state index in [0.29, 0.717) is 17.7 Å². The van der Waals surface area contributed by atoms with Crippen LogP contribution in [-0.4, -0.2) is 53.0 Å². The number of ether oxygens (including phenoxy) is 1. The molecule has 192 valence electrons. The van der Waals surface area contributed by atoms with Crippen molar-refractivity contribution < 1.29 is 19.1 Å². The fourth-order valence-corrected chi connectivity index (χ4v) is 3.98. The number of alkyl carbamates (subject to hydrolysis) is 1. The van der Waals surface area contributed by atoms with Crippen LogP contribution in [0.4, 0.5) is 4.79 Å². The largest absolute Gasteiger partial charge is 0.444 e. The second kappa shape index (κ2) is 14.1. The van der Waals surface area contributed by atoms with E-state index in [2.05, 4.69) is 10.6 Å². The number of nitrogens with zero attached hydrogens (tertiary/aromatic N) is 2. The Balaban J connectivity index is 2.36. The lowest BCUT2D eigenvalue weighted by molar-refractivity contribution is -0.141. The van der Waals surface area contributed by atoms with Gasteiger partial charge in [-0.1, -0.05) is 60.7 Å². The van der Waals surface area contributed by atoms with Crippen LogP contribution in [0, 0.1) is 11.3 Å². The number of carbonyl (C=O) groups is 3. The number of nitriles is 1. The average Bonchev–Trinajstić information content (AvgIpc) is 2.84. The Morgan fingerprint density at radius 2 is 1.67 bits per heavy atom. The van der Waals surface area contributed by atoms with Crippen LogP contribution in [0.3, 0.4) is 0 Å². The highest BCUT2D eigenvalue weighted by Gasteiger charge is 2.36. The van der Waals surface area contributed by atoms with Gasteiger partial charge >= 0.3 is 6.09 Å². The zero-order valence-electron chi connectivity index (χ0n) is 21.2. The van der Waals surface area contributed by atoms with Gasteiger partial charge in [0.05, 0.1) is 6.07 Å². The van der Waals surface area contributed by atoms with Crippen molar-refractivity contribution >= 4 is 29.7 Å². The standard InChI is InChI=1S/C27H34N4O4S/c1-27(2,3)35-26(34)30-22(15-18-36-4)25(33)31(17-16-28)23(21-13-9-6-10-14-21)24(32)29-19-20-11-7-5-8-12-20/h5-14,22-23H,15,17-19H2,1-4H3,(H,29,32)(H,30,34). The smallest absolute Gasteiger partial charge is 0.408 e. The van der Waals surface area contributed by atoms with Crippen molar-refractivity contribution in [2.45, 2.75) is 51.4 Å². The van der Waals surface area contributed by atoms with E-state index in [0.717, 1.165) is 5.56 Å². The first-order valence-corrected chi connectivity index (χ1v) is 13.1. The summed E-state index contributed by atoms with van der Waals surface area (Å²) in [6, 6.07) is 18.2. The quantitative estimate of drug-likeness (QED) is 0.441. The van der Waals surface area contributed by atoms with E-state index < -0.39 is 35.6 Å². The Morgan fingerprint density at radius 1 is 1.06 bits per heavy atom. The number of hydrogen-bond donors (Lipinski definition) is 2. The molecule has 0 aliphatic rings. The van der Waals surface area contributed by atoms with Crippen molar-refractivity contribution in [1.82, 2.24) is 15.5 Å². The van der Waals surface area contributed by atoms with Gasteiger partial charge in [-0.05, 0) is 50.3 Å². The first kappa shape index (κ1) is 28.7. The van der Waals surface area contributed by atoms with Gasteiger partial charge in [0, 0.05) is 6.54 Å². The molecular weight excluding hydrogens is 476 g/mol. The third-order valence-electron chi connectivity index (χ3n) is 5.11. The highest BCUT2D eigenvalue weighted by molar-refractivity contribution is 7.98. The van der Waals surface area contributed by atoms with Gasteiger partial charge in [-0.2, -0.15) is 17.0 Å². The van der Waals surface area contributed by atoms with Crippen LogP contribution >= 0.6 is 11.8 Å². The van der Waals surface area contributed by atoms with E-state index in [4.69, 9.17) is 4.74 Å². The van der Waals surface area contributed by atoms with Gasteiger partial charge in [0.25, 0.3) is 0 Å². The summed E-state index contributed by atoms with van der Waals surface area (Å²) in [7, 11) is 0. The maximum Gasteiger partial charge on any atom is 0.408 e. The van der Waals surface area contributed by atoms with E-state index in [1.54, 1.807) is 45.0 Å².